The van der Waals surface area contributed by atoms with E-state index in [0.717, 1.165) is 11.8 Å². The van der Waals surface area contributed by atoms with Gasteiger partial charge in [-0.05, 0) is 50.6 Å². The topological polar surface area (TPSA) is 120 Å². The quantitative estimate of drug-likeness (QED) is 0.404. The highest BCUT2D eigenvalue weighted by atomic mass is 32.2. The second-order valence-corrected chi connectivity index (χ2v) is 11.3. The van der Waals surface area contributed by atoms with E-state index in [2.05, 4.69) is 15.3 Å². The molecule has 0 spiro atoms. The molecule has 0 bridgehead atoms. The Morgan fingerprint density at radius 1 is 1.06 bits per heavy atom. The number of nitrogens with one attached hydrogen (secondary N) is 1. The molecule has 0 aliphatic carbocycles. The number of sulfone groups is 1. The van der Waals surface area contributed by atoms with E-state index in [1.54, 1.807) is 51.1 Å². The molecule has 0 saturated carbocycles. The Kier molecular flexibility index (Phi) is 6.64. The van der Waals surface area contributed by atoms with E-state index < -0.39 is 21.5 Å². The van der Waals surface area contributed by atoms with Crippen LogP contribution >= 0.6 is 0 Å². The maximum absolute atomic E-state index is 13.7. The third kappa shape index (κ3) is 5.77. The Morgan fingerprint density at radius 2 is 1.78 bits per heavy atom. The van der Waals surface area contributed by atoms with Crippen LogP contribution in [-0.2, 0) is 21.0 Å². The molecular formula is C26H26N4O5S. The third-order valence-electron chi connectivity index (χ3n) is 5.11. The molecule has 1 amide bonds. The lowest BCUT2D eigenvalue weighted by molar-refractivity contribution is 0.0636. The van der Waals surface area contributed by atoms with Gasteiger partial charge in [0.15, 0.2) is 5.65 Å². The summed E-state index contributed by atoms with van der Waals surface area (Å²) in [5.74, 6) is 0. The molecule has 0 radical (unpaired) electrons. The van der Waals surface area contributed by atoms with Crippen molar-refractivity contribution >= 4 is 32.7 Å². The van der Waals surface area contributed by atoms with Crippen molar-refractivity contribution in [3.05, 3.63) is 88.3 Å². The van der Waals surface area contributed by atoms with Crippen LogP contribution in [0.25, 0.3) is 16.7 Å². The number of pyridine rings is 1. The molecule has 1 N–H and O–H groups in total. The van der Waals surface area contributed by atoms with Gasteiger partial charge in [-0.1, -0.05) is 36.4 Å². The Morgan fingerprint density at radius 3 is 2.44 bits per heavy atom. The number of fused-ring (bicyclic) bond motifs is 1. The van der Waals surface area contributed by atoms with Crippen molar-refractivity contribution in [2.45, 2.75) is 37.9 Å². The molecule has 0 aliphatic rings. The average Bonchev–Trinajstić information content (AvgIpc) is 2.78. The molecule has 0 atom stereocenters. The van der Waals surface area contributed by atoms with Gasteiger partial charge < -0.3 is 4.74 Å². The fourth-order valence-corrected chi connectivity index (χ4v) is 4.14. The first-order valence-electron chi connectivity index (χ1n) is 11.2. The molecule has 4 aromatic rings. The van der Waals surface area contributed by atoms with E-state index >= 15 is 0 Å². The molecule has 36 heavy (non-hydrogen) atoms. The number of carbonyl (C=O) groups excluding carboxylic acids is 1. The Balaban J connectivity index is 1.88. The number of aromatic nitrogens is 3. The molecule has 0 aliphatic heterocycles. The number of rotatable bonds is 5. The van der Waals surface area contributed by atoms with Crippen LogP contribution < -0.4 is 10.9 Å². The Hall–Kier alpha value is -4.05. The zero-order valence-corrected chi connectivity index (χ0v) is 21.2. The lowest BCUT2D eigenvalue weighted by atomic mass is 10.1. The molecule has 186 valence electrons. The van der Waals surface area contributed by atoms with Crippen molar-refractivity contribution in [2.75, 3.05) is 11.6 Å². The number of nitrogens with zero attached hydrogens (tertiary/aromatic N) is 3. The highest BCUT2D eigenvalue weighted by Gasteiger charge is 2.19. The van der Waals surface area contributed by atoms with Crippen molar-refractivity contribution in [3.63, 3.8) is 0 Å². The van der Waals surface area contributed by atoms with E-state index in [-0.39, 0.29) is 16.4 Å². The number of hydrogen-bond acceptors (Lipinski definition) is 7. The van der Waals surface area contributed by atoms with Gasteiger partial charge in [-0.2, -0.15) is 4.98 Å². The van der Waals surface area contributed by atoms with Gasteiger partial charge in [-0.3, -0.25) is 14.7 Å². The largest absolute Gasteiger partial charge is 0.444 e. The first-order chi connectivity index (χ1) is 16.9. The number of carbonyl (C=O) groups is 1. The zero-order chi connectivity index (χ0) is 26.1. The predicted molar refractivity (Wildman–Crippen MR) is 137 cm³/mol. The smallest absolute Gasteiger partial charge is 0.412 e. The van der Waals surface area contributed by atoms with Gasteiger partial charge >= 0.3 is 6.09 Å². The van der Waals surface area contributed by atoms with Crippen molar-refractivity contribution < 1.29 is 17.9 Å². The van der Waals surface area contributed by atoms with E-state index in [4.69, 9.17) is 4.74 Å². The van der Waals surface area contributed by atoms with Crippen molar-refractivity contribution in [1.29, 1.82) is 0 Å². The van der Waals surface area contributed by atoms with Crippen LogP contribution in [-0.4, -0.2) is 40.9 Å². The summed E-state index contributed by atoms with van der Waals surface area (Å²) in [6, 6.07) is 17.8. The summed E-state index contributed by atoms with van der Waals surface area (Å²) >= 11 is 0. The highest BCUT2D eigenvalue weighted by molar-refractivity contribution is 7.90. The van der Waals surface area contributed by atoms with Gasteiger partial charge in [0.25, 0.3) is 5.56 Å². The summed E-state index contributed by atoms with van der Waals surface area (Å²) in [4.78, 5) is 34.2. The predicted octanol–water partition coefficient (Wildman–Crippen LogP) is 4.12. The average molecular weight is 507 g/mol. The fraction of sp³-hybridized carbons (Fsp3) is 0.231. The second kappa shape index (κ2) is 9.54. The molecule has 0 unspecified atom stereocenters. The molecular weight excluding hydrogens is 480 g/mol. The summed E-state index contributed by atoms with van der Waals surface area (Å²) in [6.45, 7) is 5.27. The first-order valence-corrected chi connectivity index (χ1v) is 13.1. The Bertz CT molecular complexity index is 1610. The molecule has 0 saturated heterocycles. The van der Waals surface area contributed by atoms with Crippen LogP contribution in [0.4, 0.5) is 10.5 Å². The van der Waals surface area contributed by atoms with E-state index in [9.17, 15) is 18.0 Å². The molecule has 10 heteroatoms. The van der Waals surface area contributed by atoms with E-state index in [1.165, 1.54) is 10.8 Å². The summed E-state index contributed by atoms with van der Waals surface area (Å²) in [7, 11) is -3.72. The number of anilines is 1. The Labute approximate surface area is 208 Å². The SMILES string of the molecule is CC(C)(C)OC(=O)Nc1cccc(-n2c(=O)c(Cc3ccccc3)cc3cnc(S(C)(=O)=O)nc32)c1. The second-order valence-electron chi connectivity index (χ2n) is 9.35. The van der Waals surface area contributed by atoms with Gasteiger partial charge in [-0.25, -0.2) is 18.2 Å². The number of hydrogen-bond donors (Lipinski definition) is 1. The van der Waals surface area contributed by atoms with Crippen molar-refractivity contribution in [2.24, 2.45) is 0 Å². The third-order valence-corrected chi connectivity index (χ3v) is 5.97. The van der Waals surface area contributed by atoms with Gasteiger partial charge in [-0.15, -0.1) is 0 Å². The lowest BCUT2D eigenvalue weighted by Gasteiger charge is -2.20. The van der Waals surface area contributed by atoms with Crippen molar-refractivity contribution in [3.8, 4) is 5.69 Å². The zero-order valence-electron chi connectivity index (χ0n) is 20.3. The molecule has 9 nitrogen and oxygen atoms in total. The molecule has 4 rings (SSSR count). The minimum atomic E-state index is -3.72. The first kappa shape index (κ1) is 25.1. The molecule has 2 heterocycles. The lowest BCUT2D eigenvalue weighted by Crippen LogP contribution is -2.27. The van der Waals surface area contributed by atoms with Crippen LogP contribution in [0.3, 0.4) is 0 Å². The van der Waals surface area contributed by atoms with Gasteiger partial charge in [0.1, 0.15) is 5.60 Å². The molecule has 2 aromatic heterocycles. The summed E-state index contributed by atoms with van der Waals surface area (Å²) in [5.41, 5.74) is 1.31. The standard InChI is InChI=1S/C26H26N4O5S/c1-26(2,3)35-25(32)28-20-11-8-12-21(15-20)30-22-19(16-27-24(29-22)36(4,33)34)14-18(23(30)31)13-17-9-6-5-7-10-17/h5-12,14-16H,13H2,1-4H3,(H,28,32). The normalized spacial score (nSPS) is 11.9. The highest BCUT2D eigenvalue weighted by Crippen LogP contribution is 2.21. The molecule has 0 fully saturated rings. The van der Waals surface area contributed by atoms with E-state index in [0.29, 0.717) is 28.7 Å². The number of benzene rings is 2. The fourth-order valence-electron chi connectivity index (χ4n) is 3.64. The minimum absolute atomic E-state index is 0.140. The van der Waals surface area contributed by atoms with Crippen LogP contribution in [0, 0.1) is 0 Å². The monoisotopic (exact) mass is 506 g/mol. The summed E-state index contributed by atoms with van der Waals surface area (Å²) in [6.07, 6.45) is 2.12. The van der Waals surface area contributed by atoms with Crippen LogP contribution in [0.15, 0.2) is 76.8 Å². The van der Waals surface area contributed by atoms with Crippen LogP contribution in [0.5, 0.6) is 0 Å². The van der Waals surface area contributed by atoms with Gasteiger partial charge in [0.2, 0.25) is 15.0 Å². The van der Waals surface area contributed by atoms with Crippen molar-refractivity contribution in [1.82, 2.24) is 14.5 Å². The van der Waals surface area contributed by atoms with Gasteiger partial charge in [0, 0.05) is 35.5 Å². The summed E-state index contributed by atoms with van der Waals surface area (Å²) in [5, 5.41) is 2.77. The van der Waals surface area contributed by atoms with E-state index in [1.807, 2.05) is 30.3 Å². The maximum atomic E-state index is 13.7. The number of ether oxygens (including phenoxy) is 1. The maximum Gasteiger partial charge on any atom is 0.412 e. The molecule has 2 aromatic carbocycles. The van der Waals surface area contributed by atoms with Crippen LogP contribution in [0.1, 0.15) is 31.9 Å². The number of amides is 1. The minimum Gasteiger partial charge on any atom is -0.444 e. The summed E-state index contributed by atoms with van der Waals surface area (Å²) < 4.78 is 30.9. The van der Waals surface area contributed by atoms with Gasteiger partial charge in [0.05, 0.1) is 5.69 Å². The van der Waals surface area contributed by atoms with Crippen LogP contribution in [0.2, 0.25) is 0 Å².